The molecule has 0 fully saturated rings. The average Bonchev–Trinajstić information content (AvgIpc) is 2.13. The second-order valence-corrected chi connectivity index (χ2v) is 2.62. The summed E-state index contributed by atoms with van der Waals surface area (Å²) in [4.78, 5) is 0. The van der Waals surface area contributed by atoms with Crippen molar-refractivity contribution in [2.75, 3.05) is 0 Å². The molecule has 0 unspecified atom stereocenters. The second kappa shape index (κ2) is 4.33. The van der Waals surface area contributed by atoms with E-state index in [1.54, 1.807) is 0 Å². The van der Waals surface area contributed by atoms with E-state index in [1.165, 1.54) is 0 Å². The number of halogens is 11. The van der Waals surface area contributed by atoms with Gasteiger partial charge in [0.25, 0.3) is 0 Å². The van der Waals surface area contributed by atoms with Gasteiger partial charge < -0.3 is 0 Å². The Bertz CT molecular complexity index is 308. The lowest BCUT2D eigenvalue weighted by atomic mass is 10.2. The van der Waals surface area contributed by atoms with Crippen molar-refractivity contribution < 1.29 is 48.3 Å². The molecule has 0 bridgehead atoms. The van der Waals surface area contributed by atoms with Crippen molar-refractivity contribution in [1.29, 1.82) is 0 Å². The van der Waals surface area contributed by atoms with Crippen molar-refractivity contribution in [1.82, 2.24) is 0 Å². The van der Waals surface area contributed by atoms with E-state index in [1.807, 2.05) is 0 Å². The number of rotatable bonds is 3. The lowest BCUT2D eigenvalue weighted by Gasteiger charge is -2.20. The molecule has 0 saturated carbocycles. The number of hydrogen-bond donors (Lipinski definition) is 0. The maximum atomic E-state index is 12.1. The van der Waals surface area contributed by atoms with Gasteiger partial charge in [0, 0.05) is 0 Å². The van der Waals surface area contributed by atoms with Crippen molar-refractivity contribution >= 4 is 0 Å². The first-order chi connectivity index (χ1) is 7.26. The molecule has 0 N–H and O–H groups in total. The normalized spacial score (nSPS) is 16.2. The summed E-state index contributed by atoms with van der Waals surface area (Å²) in [5.74, 6) is -21.1. The average molecular weight is 282 g/mol. The molecule has 0 nitrogen and oxygen atoms in total. The zero-order chi connectivity index (χ0) is 14.2. The summed E-state index contributed by atoms with van der Waals surface area (Å²) >= 11 is 0. The minimum absolute atomic E-state index is 4.16. The summed E-state index contributed by atoms with van der Waals surface area (Å²) in [6, 6.07) is 0. The molecule has 0 aliphatic carbocycles. The summed E-state index contributed by atoms with van der Waals surface area (Å²) in [5, 5.41) is 0. The zero-order valence-corrected chi connectivity index (χ0v) is 7.23. The topological polar surface area (TPSA) is 0 Å². The van der Waals surface area contributed by atoms with Crippen molar-refractivity contribution in [3.8, 4) is 0 Å². The molecule has 0 radical (unpaired) electrons. The Morgan fingerprint density at radius 1 is 0.706 bits per heavy atom. The van der Waals surface area contributed by atoms with E-state index in [0.717, 1.165) is 0 Å². The third kappa shape index (κ3) is 2.80. The van der Waals surface area contributed by atoms with Crippen LogP contribution in [-0.4, -0.2) is 24.4 Å². The lowest BCUT2D eigenvalue weighted by molar-refractivity contribution is -0.272. The highest BCUT2D eigenvalue weighted by Crippen LogP contribution is 2.46. The molecule has 0 aromatic heterocycles. The first-order valence-electron chi connectivity index (χ1n) is 3.43. The predicted molar refractivity (Wildman–Crippen MR) is 31.2 cm³/mol. The van der Waals surface area contributed by atoms with Crippen molar-refractivity contribution in [3.05, 3.63) is 11.7 Å². The van der Waals surface area contributed by atoms with Gasteiger partial charge in [0.2, 0.25) is 11.7 Å². The van der Waals surface area contributed by atoms with Crippen LogP contribution in [0.1, 0.15) is 0 Å². The van der Waals surface area contributed by atoms with Crippen LogP contribution in [0.15, 0.2) is 11.7 Å². The van der Waals surface area contributed by atoms with E-state index in [2.05, 4.69) is 0 Å². The number of alkyl halides is 9. The fraction of sp³-hybridized carbons (Fsp3) is 0.667. The molecule has 0 aromatic carbocycles. The van der Waals surface area contributed by atoms with Gasteiger partial charge in [0.05, 0.1) is 0 Å². The smallest absolute Gasteiger partial charge is 0.203 e. The summed E-state index contributed by atoms with van der Waals surface area (Å²) in [6.45, 7) is 0. The third-order valence-corrected chi connectivity index (χ3v) is 1.39. The van der Waals surface area contributed by atoms with Crippen molar-refractivity contribution in [2.24, 2.45) is 0 Å². The maximum Gasteiger partial charge on any atom is 0.460 e. The molecular formula is C6HF11. The number of hydrogen-bond acceptors (Lipinski definition) is 0. The molecule has 0 aromatic rings. The van der Waals surface area contributed by atoms with E-state index in [9.17, 15) is 48.3 Å². The van der Waals surface area contributed by atoms with Crippen LogP contribution in [0.3, 0.4) is 0 Å². The first-order valence-corrected chi connectivity index (χ1v) is 3.43. The van der Waals surface area contributed by atoms with E-state index < -0.39 is 36.1 Å². The van der Waals surface area contributed by atoms with Crippen LogP contribution < -0.4 is 0 Å². The van der Waals surface area contributed by atoms with E-state index in [0.29, 0.717) is 0 Å². The van der Waals surface area contributed by atoms with Crippen LogP contribution >= 0.6 is 0 Å². The summed E-state index contributed by atoms with van der Waals surface area (Å²) in [7, 11) is 0. The minimum Gasteiger partial charge on any atom is -0.203 e. The Balaban J connectivity index is 5.63. The van der Waals surface area contributed by atoms with Gasteiger partial charge in [-0.1, -0.05) is 0 Å². The molecule has 0 heterocycles. The highest BCUT2D eigenvalue weighted by molar-refractivity contribution is 5.18. The first kappa shape index (κ1) is 16.0. The Morgan fingerprint density at radius 3 is 1.29 bits per heavy atom. The van der Waals surface area contributed by atoms with Gasteiger partial charge in [0.1, 0.15) is 0 Å². The summed E-state index contributed by atoms with van der Waals surface area (Å²) in [5.41, 5.74) is 0. The van der Waals surface area contributed by atoms with Gasteiger partial charge in [-0.15, -0.1) is 0 Å². The predicted octanol–water partition coefficient (Wildman–Crippen LogP) is 4.24. The third-order valence-electron chi connectivity index (χ3n) is 1.39. The lowest BCUT2D eigenvalue weighted by Crippen LogP contribution is -2.40. The number of allylic oxidation sites excluding steroid dienone is 2. The standard InChI is InChI=1S/C6HF11/c7-1(4(11,12)3(9)10)2(8)5(13,14)6(15,16)17/h3H. The van der Waals surface area contributed by atoms with Crippen LogP contribution in [-0.2, 0) is 0 Å². The van der Waals surface area contributed by atoms with Gasteiger partial charge in [-0.3, -0.25) is 0 Å². The highest BCUT2D eigenvalue weighted by atomic mass is 19.4. The molecule has 17 heavy (non-hydrogen) atoms. The minimum atomic E-state index is -6.73. The Labute approximate surface area is 85.7 Å². The Kier molecular flexibility index (Phi) is 4.07. The summed E-state index contributed by atoms with van der Waals surface area (Å²) < 4.78 is 129. The largest absolute Gasteiger partial charge is 0.460 e. The van der Waals surface area contributed by atoms with Crippen LogP contribution in [0.5, 0.6) is 0 Å². The molecule has 11 heteroatoms. The molecule has 0 aliphatic heterocycles. The van der Waals surface area contributed by atoms with Crippen LogP contribution in [0.2, 0.25) is 0 Å². The zero-order valence-electron chi connectivity index (χ0n) is 7.23. The molecule has 0 saturated heterocycles. The van der Waals surface area contributed by atoms with E-state index in [-0.39, 0.29) is 0 Å². The molecule has 102 valence electrons. The van der Waals surface area contributed by atoms with Crippen molar-refractivity contribution in [2.45, 2.75) is 24.4 Å². The van der Waals surface area contributed by atoms with E-state index >= 15 is 0 Å². The summed E-state index contributed by atoms with van der Waals surface area (Å²) in [6.07, 6.45) is -11.7. The fourth-order valence-electron chi connectivity index (χ4n) is 0.504. The highest BCUT2D eigenvalue weighted by Gasteiger charge is 2.65. The monoisotopic (exact) mass is 282 g/mol. The van der Waals surface area contributed by atoms with Crippen molar-refractivity contribution in [3.63, 3.8) is 0 Å². The molecule has 0 amide bonds. The van der Waals surface area contributed by atoms with E-state index in [4.69, 9.17) is 0 Å². The van der Waals surface area contributed by atoms with Gasteiger partial charge in [0.15, 0.2) is 0 Å². The maximum absolute atomic E-state index is 12.1. The molecule has 0 aliphatic rings. The van der Waals surface area contributed by atoms with Crippen LogP contribution in [0.4, 0.5) is 48.3 Å². The Morgan fingerprint density at radius 2 is 1.06 bits per heavy atom. The van der Waals surface area contributed by atoms with Crippen LogP contribution in [0.25, 0.3) is 0 Å². The van der Waals surface area contributed by atoms with Gasteiger partial charge >= 0.3 is 24.4 Å². The van der Waals surface area contributed by atoms with Gasteiger partial charge in [-0.05, 0) is 0 Å². The second-order valence-electron chi connectivity index (χ2n) is 2.62. The molecule has 0 rings (SSSR count). The SMILES string of the molecule is FC(=C(F)C(F)(F)C(F)(F)F)C(F)(F)C(F)F. The Hall–Kier alpha value is -1.03. The molecular weight excluding hydrogens is 281 g/mol. The fourth-order valence-corrected chi connectivity index (χ4v) is 0.504. The van der Waals surface area contributed by atoms with Gasteiger partial charge in [-0.25, -0.2) is 17.6 Å². The molecule has 0 atom stereocenters. The molecule has 0 spiro atoms. The quantitative estimate of drug-likeness (QED) is 0.679. The van der Waals surface area contributed by atoms with Gasteiger partial charge in [-0.2, -0.15) is 30.7 Å². The van der Waals surface area contributed by atoms with Crippen LogP contribution in [0, 0.1) is 0 Å².